The SMILES string of the molecule is CC(C)(C)c1ccc(NS(=O)(=O)c2ccc(N)nc2)cc1. The third-order valence-electron chi connectivity index (χ3n) is 3.07. The zero-order valence-electron chi connectivity index (χ0n) is 12.3. The second-order valence-corrected chi connectivity index (χ2v) is 7.53. The van der Waals surface area contributed by atoms with Crippen LogP contribution < -0.4 is 10.5 Å². The molecule has 1 heterocycles. The van der Waals surface area contributed by atoms with Gasteiger partial charge in [-0.25, -0.2) is 13.4 Å². The van der Waals surface area contributed by atoms with Gasteiger partial charge in [-0.15, -0.1) is 0 Å². The van der Waals surface area contributed by atoms with Crippen LogP contribution in [-0.4, -0.2) is 13.4 Å². The Morgan fingerprint density at radius 2 is 1.67 bits per heavy atom. The molecule has 0 amide bonds. The van der Waals surface area contributed by atoms with Crippen molar-refractivity contribution in [2.45, 2.75) is 31.1 Å². The number of hydrogen-bond acceptors (Lipinski definition) is 4. The first-order chi connectivity index (χ1) is 9.68. The molecule has 0 fully saturated rings. The van der Waals surface area contributed by atoms with Crippen molar-refractivity contribution in [3.8, 4) is 0 Å². The van der Waals surface area contributed by atoms with Crippen LogP contribution in [-0.2, 0) is 15.4 Å². The lowest BCUT2D eigenvalue weighted by Crippen LogP contribution is -2.14. The van der Waals surface area contributed by atoms with Crippen LogP contribution in [0.2, 0.25) is 0 Å². The number of nitrogens with zero attached hydrogens (tertiary/aromatic N) is 1. The summed E-state index contributed by atoms with van der Waals surface area (Å²) in [6.45, 7) is 6.31. The van der Waals surface area contributed by atoms with Crippen molar-refractivity contribution in [1.82, 2.24) is 4.98 Å². The van der Waals surface area contributed by atoms with Crippen molar-refractivity contribution < 1.29 is 8.42 Å². The van der Waals surface area contributed by atoms with Crippen molar-refractivity contribution in [3.05, 3.63) is 48.2 Å². The van der Waals surface area contributed by atoms with Crippen LogP contribution >= 0.6 is 0 Å². The maximum absolute atomic E-state index is 12.2. The van der Waals surface area contributed by atoms with E-state index in [1.807, 2.05) is 12.1 Å². The molecule has 0 saturated heterocycles. The highest BCUT2D eigenvalue weighted by atomic mass is 32.2. The highest BCUT2D eigenvalue weighted by molar-refractivity contribution is 7.92. The monoisotopic (exact) mass is 305 g/mol. The Kier molecular flexibility index (Phi) is 3.91. The van der Waals surface area contributed by atoms with E-state index >= 15 is 0 Å². The number of pyridine rings is 1. The van der Waals surface area contributed by atoms with E-state index in [-0.39, 0.29) is 16.1 Å². The summed E-state index contributed by atoms with van der Waals surface area (Å²) in [7, 11) is -3.65. The minimum atomic E-state index is -3.65. The first-order valence-corrected chi connectivity index (χ1v) is 8.02. The standard InChI is InChI=1S/C15H19N3O2S/c1-15(2,3)11-4-6-12(7-5-11)18-21(19,20)13-8-9-14(16)17-10-13/h4-10,18H,1-3H3,(H2,16,17). The third kappa shape index (κ3) is 3.72. The fourth-order valence-electron chi connectivity index (χ4n) is 1.80. The van der Waals surface area contributed by atoms with Crippen LogP contribution in [0.5, 0.6) is 0 Å². The summed E-state index contributed by atoms with van der Waals surface area (Å²) < 4.78 is 26.9. The van der Waals surface area contributed by atoms with E-state index in [9.17, 15) is 8.42 Å². The number of hydrogen-bond donors (Lipinski definition) is 2. The van der Waals surface area contributed by atoms with Gasteiger partial charge in [0.2, 0.25) is 0 Å². The number of rotatable bonds is 3. The van der Waals surface area contributed by atoms with E-state index < -0.39 is 10.0 Å². The van der Waals surface area contributed by atoms with Gasteiger partial charge in [-0.1, -0.05) is 32.9 Å². The maximum Gasteiger partial charge on any atom is 0.263 e. The predicted octanol–water partition coefficient (Wildman–Crippen LogP) is 2.76. The summed E-state index contributed by atoms with van der Waals surface area (Å²) >= 11 is 0. The minimum absolute atomic E-state index is 0.0261. The van der Waals surface area contributed by atoms with Gasteiger partial charge in [0.05, 0.1) is 0 Å². The summed E-state index contributed by atoms with van der Waals surface area (Å²) in [4.78, 5) is 3.87. The van der Waals surface area contributed by atoms with E-state index in [1.54, 1.807) is 12.1 Å². The van der Waals surface area contributed by atoms with Gasteiger partial charge in [0.25, 0.3) is 10.0 Å². The third-order valence-corrected chi connectivity index (χ3v) is 4.44. The smallest absolute Gasteiger partial charge is 0.263 e. The molecular formula is C15H19N3O2S. The van der Waals surface area contributed by atoms with Gasteiger partial charge in [0.1, 0.15) is 10.7 Å². The van der Waals surface area contributed by atoms with Crippen LogP contribution in [0, 0.1) is 0 Å². The van der Waals surface area contributed by atoms with Crippen molar-refractivity contribution in [2.75, 3.05) is 10.5 Å². The molecule has 0 radical (unpaired) electrons. The van der Waals surface area contributed by atoms with Crippen LogP contribution in [0.15, 0.2) is 47.5 Å². The second-order valence-electron chi connectivity index (χ2n) is 5.85. The zero-order valence-corrected chi connectivity index (χ0v) is 13.1. The lowest BCUT2D eigenvalue weighted by atomic mass is 9.87. The molecule has 0 saturated carbocycles. The first-order valence-electron chi connectivity index (χ1n) is 6.53. The lowest BCUT2D eigenvalue weighted by Gasteiger charge is -2.19. The fourth-order valence-corrected chi connectivity index (χ4v) is 2.81. The summed E-state index contributed by atoms with van der Waals surface area (Å²) in [5, 5.41) is 0. The van der Waals surface area contributed by atoms with E-state index in [0.29, 0.717) is 5.69 Å². The number of nitrogen functional groups attached to an aromatic ring is 1. The molecule has 0 unspecified atom stereocenters. The molecule has 2 rings (SSSR count). The summed E-state index contributed by atoms with van der Waals surface area (Å²) in [5.41, 5.74) is 7.13. The van der Waals surface area contributed by atoms with Gasteiger partial charge >= 0.3 is 0 Å². The molecule has 0 spiro atoms. The van der Waals surface area contributed by atoms with E-state index in [0.717, 1.165) is 5.56 Å². The normalized spacial score (nSPS) is 12.1. The average Bonchev–Trinajstić information content (AvgIpc) is 2.38. The molecule has 0 atom stereocenters. The highest BCUT2D eigenvalue weighted by Gasteiger charge is 2.16. The van der Waals surface area contributed by atoms with E-state index in [2.05, 4.69) is 30.5 Å². The Morgan fingerprint density at radius 1 is 1.05 bits per heavy atom. The molecule has 3 N–H and O–H groups in total. The van der Waals surface area contributed by atoms with Crippen LogP contribution in [0.3, 0.4) is 0 Å². The van der Waals surface area contributed by atoms with Gasteiger partial charge in [-0.05, 0) is 35.2 Å². The van der Waals surface area contributed by atoms with Crippen molar-refractivity contribution in [2.24, 2.45) is 0 Å². The number of aromatic nitrogens is 1. The Hall–Kier alpha value is -2.08. The molecule has 0 aliphatic rings. The summed E-state index contributed by atoms with van der Waals surface area (Å²) in [5.74, 6) is 0.281. The largest absolute Gasteiger partial charge is 0.384 e. The van der Waals surface area contributed by atoms with Gasteiger partial charge < -0.3 is 5.73 Å². The molecule has 0 aliphatic heterocycles. The number of sulfonamides is 1. The van der Waals surface area contributed by atoms with Crippen LogP contribution in [0.25, 0.3) is 0 Å². The molecule has 112 valence electrons. The number of benzene rings is 1. The average molecular weight is 305 g/mol. The quantitative estimate of drug-likeness (QED) is 0.913. The van der Waals surface area contributed by atoms with Crippen LogP contribution in [0.4, 0.5) is 11.5 Å². The minimum Gasteiger partial charge on any atom is -0.384 e. The van der Waals surface area contributed by atoms with Gasteiger partial charge in [-0.2, -0.15) is 0 Å². The molecule has 2 aromatic rings. The molecule has 1 aromatic heterocycles. The lowest BCUT2D eigenvalue weighted by molar-refractivity contribution is 0.590. The summed E-state index contributed by atoms with van der Waals surface area (Å²) in [6, 6.07) is 10.2. The van der Waals surface area contributed by atoms with Gasteiger partial charge in [-0.3, -0.25) is 4.72 Å². The second kappa shape index (κ2) is 5.37. The molecule has 21 heavy (non-hydrogen) atoms. The molecule has 0 aliphatic carbocycles. The zero-order chi connectivity index (χ0) is 15.7. The van der Waals surface area contributed by atoms with E-state index in [4.69, 9.17) is 5.73 Å². The van der Waals surface area contributed by atoms with Crippen LogP contribution in [0.1, 0.15) is 26.3 Å². The Labute approximate surface area is 125 Å². The highest BCUT2D eigenvalue weighted by Crippen LogP contribution is 2.24. The number of nitrogens with two attached hydrogens (primary N) is 1. The van der Waals surface area contributed by atoms with Gasteiger partial charge in [0.15, 0.2) is 0 Å². The molecule has 0 bridgehead atoms. The molecule has 5 nitrogen and oxygen atoms in total. The molecular weight excluding hydrogens is 286 g/mol. The first kappa shape index (κ1) is 15.3. The Morgan fingerprint density at radius 3 is 2.14 bits per heavy atom. The molecule has 6 heteroatoms. The predicted molar refractivity (Wildman–Crippen MR) is 84.6 cm³/mol. The van der Waals surface area contributed by atoms with Crippen molar-refractivity contribution in [1.29, 1.82) is 0 Å². The van der Waals surface area contributed by atoms with Crippen molar-refractivity contribution in [3.63, 3.8) is 0 Å². The topological polar surface area (TPSA) is 85.1 Å². The Bertz CT molecular complexity index is 715. The summed E-state index contributed by atoms with van der Waals surface area (Å²) in [6.07, 6.45) is 1.24. The van der Waals surface area contributed by atoms with E-state index in [1.165, 1.54) is 18.3 Å². The Balaban J connectivity index is 2.23. The van der Waals surface area contributed by atoms with Gasteiger partial charge in [0, 0.05) is 11.9 Å². The molecule has 1 aromatic carbocycles. The number of anilines is 2. The fraction of sp³-hybridized carbons (Fsp3) is 0.267. The number of nitrogens with one attached hydrogen (secondary N) is 1. The van der Waals surface area contributed by atoms with Crippen molar-refractivity contribution >= 4 is 21.5 Å². The maximum atomic E-state index is 12.2.